The number of carbonyl (C=O) groups is 4. The van der Waals surface area contributed by atoms with Gasteiger partial charge in [0.1, 0.15) is 5.69 Å². The molecular weight excluding hydrogens is 415 g/mol. The Morgan fingerprint density at radius 2 is 2.10 bits per heavy atom. The largest absolute Gasteiger partial charge is 0.479 e. The van der Waals surface area contributed by atoms with E-state index in [1.807, 2.05) is 0 Å². The number of Topliss-reactive ketones (excluding diaryl/α,β-unsaturated/α-hetero) is 1. The number of carboxylic acids is 2. The summed E-state index contributed by atoms with van der Waals surface area (Å²) in [4.78, 5) is 59.1. The minimum absolute atomic E-state index is 0.0373. The van der Waals surface area contributed by atoms with Gasteiger partial charge in [0.25, 0.3) is 5.91 Å². The first kappa shape index (κ1) is 22.2. The van der Waals surface area contributed by atoms with E-state index in [1.54, 1.807) is 0 Å². The monoisotopic (exact) mass is 432 g/mol. The van der Waals surface area contributed by atoms with Crippen LogP contribution in [0.4, 0.5) is 9.52 Å². The Balaban J connectivity index is 2.15. The summed E-state index contributed by atoms with van der Waals surface area (Å²) in [6.45, 7) is 2.11. The van der Waals surface area contributed by atoms with Gasteiger partial charge < -0.3 is 20.8 Å². The molecule has 0 spiro atoms. The molecule has 1 fully saturated rings. The quantitative estimate of drug-likeness (QED) is 0.259. The minimum atomic E-state index is -2.74. The van der Waals surface area contributed by atoms with Crippen LogP contribution in [0, 0.1) is 5.92 Å². The van der Waals surface area contributed by atoms with E-state index in [1.165, 1.54) is 19.2 Å². The summed E-state index contributed by atoms with van der Waals surface area (Å²) >= 11 is 1.01. The number of carboxylic acid groups (broad SMARTS) is 2. The predicted octanol–water partition coefficient (Wildman–Crippen LogP) is 0.0386. The van der Waals surface area contributed by atoms with Gasteiger partial charge in [-0.15, -0.1) is 11.3 Å². The molecule has 1 aliphatic heterocycles. The molecule has 0 aliphatic carbocycles. The van der Waals surface area contributed by atoms with Crippen molar-refractivity contribution in [3.05, 3.63) is 11.1 Å². The Bertz CT molecular complexity index is 870. The van der Waals surface area contributed by atoms with Gasteiger partial charge in [0.15, 0.2) is 16.6 Å². The Hall–Kier alpha value is -3.13. The van der Waals surface area contributed by atoms with E-state index in [9.17, 15) is 23.6 Å². The average molecular weight is 432 g/mol. The Labute approximate surface area is 166 Å². The Morgan fingerprint density at radius 3 is 2.59 bits per heavy atom. The number of aromatic nitrogens is 1. The number of β-lactam (4-membered cyclic amide) rings is 1. The zero-order valence-electron chi connectivity index (χ0n) is 15.2. The molecule has 0 saturated carbocycles. The number of nitrogen functional groups attached to an aromatic ring is 1. The number of amides is 1. The number of hydrogen-bond acceptors (Lipinski definition) is 10. The lowest BCUT2D eigenvalue weighted by Gasteiger charge is -2.52. The molecule has 0 aromatic carbocycles. The van der Waals surface area contributed by atoms with E-state index in [2.05, 4.69) is 19.8 Å². The number of hydrogen-bond donors (Lipinski definition) is 3. The average Bonchev–Trinajstić information content (AvgIpc) is 3.05. The number of rotatable bonds is 10. The molecular formula is C15H17FN4O8S. The van der Waals surface area contributed by atoms with Crippen molar-refractivity contribution in [3.8, 4) is 0 Å². The Morgan fingerprint density at radius 1 is 1.45 bits per heavy atom. The van der Waals surface area contributed by atoms with Gasteiger partial charge in [-0.2, -0.15) is 0 Å². The van der Waals surface area contributed by atoms with E-state index in [-0.39, 0.29) is 16.5 Å². The fraction of sp³-hybridized carbons (Fsp3) is 0.467. The van der Waals surface area contributed by atoms with Crippen molar-refractivity contribution in [2.24, 2.45) is 11.1 Å². The second kappa shape index (κ2) is 8.48. The highest BCUT2D eigenvalue weighted by Crippen LogP contribution is 2.40. The van der Waals surface area contributed by atoms with Crippen LogP contribution < -0.4 is 5.73 Å². The van der Waals surface area contributed by atoms with Crippen molar-refractivity contribution < 1.29 is 43.5 Å². The molecule has 14 heteroatoms. The molecule has 2 rings (SSSR count). The van der Waals surface area contributed by atoms with Gasteiger partial charge in [0, 0.05) is 11.8 Å². The van der Waals surface area contributed by atoms with Gasteiger partial charge in [-0.3, -0.25) is 9.59 Å². The van der Waals surface area contributed by atoms with Crippen LogP contribution in [0.3, 0.4) is 0 Å². The second-order valence-corrected chi connectivity index (χ2v) is 7.29. The summed E-state index contributed by atoms with van der Waals surface area (Å²) in [5.41, 5.74) is 4.04. The summed E-state index contributed by atoms with van der Waals surface area (Å²) in [5, 5.41) is 22.8. The third-order valence-electron chi connectivity index (χ3n) is 4.03. The molecule has 1 unspecified atom stereocenters. The molecule has 0 radical (unpaired) electrons. The number of anilines is 1. The summed E-state index contributed by atoms with van der Waals surface area (Å²) in [6.07, 6.45) is -3.16. The molecule has 2 heterocycles. The van der Waals surface area contributed by atoms with Gasteiger partial charge in [0.2, 0.25) is 6.61 Å². The highest BCUT2D eigenvalue weighted by molar-refractivity contribution is 7.13. The molecule has 1 amide bonds. The first-order valence-electron chi connectivity index (χ1n) is 7.99. The summed E-state index contributed by atoms with van der Waals surface area (Å²) in [5.74, 6) is -5.70. The SMILES string of the molecule is CC1(C)[C@H](CC(=O)/C(=N\OCC(=O)O)c2csc(N)n2)C(=O)N1OC(F)C(=O)O. The molecule has 12 nitrogen and oxygen atoms in total. The van der Waals surface area contributed by atoms with Crippen LogP contribution in [-0.4, -0.2) is 68.1 Å². The zero-order valence-corrected chi connectivity index (χ0v) is 16.0. The number of nitrogens with two attached hydrogens (primary N) is 1. The number of alkyl halides is 1. The van der Waals surface area contributed by atoms with Crippen molar-refractivity contribution >= 4 is 45.8 Å². The molecule has 2 atom stereocenters. The van der Waals surface area contributed by atoms with Crippen LogP contribution in [0.2, 0.25) is 0 Å². The lowest BCUT2D eigenvalue weighted by molar-refractivity contribution is -0.303. The van der Waals surface area contributed by atoms with Crippen LogP contribution in [-0.2, 0) is 28.9 Å². The molecule has 1 aromatic rings. The molecule has 158 valence electrons. The van der Waals surface area contributed by atoms with Gasteiger partial charge in [-0.25, -0.2) is 28.9 Å². The van der Waals surface area contributed by atoms with Gasteiger partial charge in [0.05, 0.1) is 11.5 Å². The van der Waals surface area contributed by atoms with Crippen LogP contribution >= 0.6 is 11.3 Å². The molecule has 1 aliphatic rings. The molecule has 1 saturated heterocycles. The third kappa shape index (κ3) is 4.83. The van der Waals surface area contributed by atoms with Crippen molar-refractivity contribution in [3.63, 3.8) is 0 Å². The molecule has 29 heavy (non-hydrogen) atoms. The molecule has 0 bridgehead atoms. The van der Waals surface area contributed by atoms with Crippen LogP contribution in [0.1, 0.15) is 26.0 Å². The van der Waals surface area contributed by atoms with E-state index < -0.39 is 54.5 Å². The van der Waals surface area contributed by atoms with Crippen molar-refractivity contribution in [1.82, 2.24) is 10.0 Å². The van der Waals surface area contributed by atoms with Crippen molar-refractivity contribution in [2.45, 2.75) is 32.2 Å². The summed E-state index contributed by atoms with van der Waals surface area (Å²) < 4.78 is 13.3. The maximum Gasteiger partial charge on any atom is 0.368 e. The number of nitrogens with zero attached hydrogens (tertiary/aromatic N) is 3. The van der Waals surface area contributed by atoms with Crippen molar-refractivity contribution in [2.75, 3.05) is 12.3 Å². The number of halogens is 1. The van der Waals surface area contributed by atoms with E-state index in [0.29, 0.717) is 5.06 Å². The van der Waals surface area contributed by atoms with Gasteiger partial charge in [-0.05, 0) is 13.8 Å². The first-order valence-corrected chi connectivity index (χ1v) is 8.87. The van der Waals surface area contributed by atoms with E-state index in [0.717, 1.165) is 11.3 Å². The summed E-state index contributed by atoms with van der Waals surface area (Å²) in [7, 11) is 0. The number of aliphatic carboxylic acids is 2. The zero-order chi connectivity index (χ0) is 21.9. The standard InChI is InChI=1S/C15H17FN4O8S/c1-15(2)6(12(24)20(15)28-11(16)13(25)26)3-8(21)10(19-27-4-9(22)23)7-5-29-14(17)18-7/h5-6,11H,3-4H2,1-2H3,(H2,17,18)(H,22,23)(H,25,26)/b19-10-/t6-,11?/m1/s1. The normalized spacial score (nSPS) is 19.4. The molecule has 4 N–H and O–H groups in total. The molecule has 1 aromatic heterocycles. The fourth-order valence-electron chi connectivity index (χ4n) is 2.54. The highest BCUT2D eigenvalue weighted by atomic mass is 32.1. The highest BCUT2D eigenvalue weighted by Gasteiger charge is 2.57. The number of thiazole rings is 1. The maximum atomic E-state index is 13.3. The van der Waals surface area contributed by atoms with Crippen molar-refractivity contribution in [1.29, 1.82) is 0 Å². The van der Waals surface area contributed by atoms with Gasteiger partial charge >= 0.3 is 18.3 Å². The number of oxime groups is 1. The van der Waals surface area contributed by atoms with Crippen LogP contribution in [0.25, 0.3) is 0 Å². The number of hydroxylamine groups is 2. The number of carbonyl (C=O) groups excluding carboxylic acids is 2. The fourth-order valence-corrected chi connectivity index (χ4v) is 3.08. The van der Waals surface area contributed by atoms with Crippen LogP contribution in [0.15, 0.2) is 10.5 Å². The van der Waals surface area contributed by atoms with Gasteiger partial charge in [-0.1, -0.05) is 5.16 Å². The lowest BCUT2D eigenvalue weighted by atomic mass is 9.74. The topological polar surface area (TPSA) is 182 Å². The van der Waals surface area contributed by atoms with Crippen LogP contribution in [0.5, 0.6) is 0 Å². The summed E-state index contributed by atoms with van der Waals surface area (Å²) in [6, 6.07) is 0. The Kier molecular flexibility index (Phi) is 6.48. The lowest BCUT2D eigenvalue weighted by Crippen LogP contribution is -2.68. The third-order valence-corrected chi connectivity index (χ3v) is 4.70. The maximum absolute atomic E-state index is 13.3. The smallest absolute Gasteiger partial charge is 0.368 e. The van der Waals surface area contributed by atoms with E-state index >= 15 is 0 Å². The van der Waals surface area contributed by atoms with E-state index in [4.69, 9.17) is 15.9 Å². The predicted molar refractivity (Wildman–Crippen MR) is 94.3 cm³/mol. The minimum Gasteiger partial charge on any atom is -0.479 e. The number of ketones is 1. The first-order chi connectivity index (χ1) is 13.4. The second-order valence-electron chi connectivity index (χ2n) is 6.40.